The van der Waals surface area contributed by atoms with E-state index in [0.717, 1.165) is 38.2 Å². The summed E-state index contributed by atoms with van der Waals surface area (Å²) in [5.74, 6) is 0.798. The first kappa shape index (κ1) is 13.0. The summed E-state index contributed by atoms with van der Waals surface area (Å²) in [4.78, 5) is 2.15. The van der Waals surface area contributed by atoms with E-state index < -0.39 is 0 Å². The van der Waals surface area contributed by atoms with Crippen LogP contribution >= 0.6 is 0 Å². The predicted molar refractivity (Wildman–Crippen MR) is 74.4 cm³/mol. The van der Waals surface area contributed by atoms with Gasteiger partial charge in [-0.05, 0) is 45.6 Å². The first-order chi connectivity index (χ1) is 9.07. The van der Waals surface area contributed by atoms with E-state index in [1.54, 1.807) is 7.11 Å². The molecule has 1 fully saturated rings. The van der Waals surface area contributed by atoms with Crippen molar-refractivity contribution in [3.8, 4) is 5.88 Å². The van der Waals surface area contributed by atoms with E-state index in [9.17, 15) is 5.02 Å². The van der Waals surface area contributed by atoms with Gasteiger partial charge in [0.2, 0.25) is 5.88 Å². The van der Waals surface area contributed by atoms with E-state index >= 15 is 0 Å². The third-order valence-electron chi connectivity index (χ3n) is 4.94. The average molecular weight is 263 g/mol. The Bertz CT molecular complexity index is 478. The summed E-state index contributed by atoms with van der Waals surface area (Å²) in [7, 11) is 3.39. The highest BCUT2D eigenvalue weighted by molar-refractivity contribution is 6.45. The average Bonchev–Trinajstić information content (AvgIpc) is 2.91. The van der Waals surface area contributed by atoms with Gasteiger partial charge in [-0.25, -0.2) is 0 Å². The van der Waals surface area contributed by atoms with Gasteiger partial charge < -0.3 is 14.6 Å². The third kappa shape index (κ3) is 1.89. The van der Waals surface area contributed by atoms with Gasteiger partial charge in [-0.3, -0.25) is 4.68 Å². The predicted octanol–water partition coefficient (Wildman–Crippen LogP) is 0.819. The highest BCUT2D eigenvalue weighted by atomic mass is 16.5. The van der Waals surface area contributed by atoms with E-state index in [4.69, 9.17) is 4.74 Å². The SMILES string of the molecule is COc1nn(C)c2c1CCC21CCN(B(C)O)CC1. The van der Waals surface area contributed by atoms with E-state index in [0.29, 0.717) is 0 Å². The van der Waals surface area contributed by atoms with Crippen LogP contribution in [0.25, 0.3) is 0 Å². The van der Waals surface area contributed by atoms with Crippen molar-refractivity contribution < 1.29 is 9.76 Å². The van der Waals surface area contributed by atoms with E-state index in [1.165, 1.54) is 17.7 Å². The lowest BCUT2D eigenvalue weighted by molar-refractivity contribution is 0.206. The van der Waals surface area contributed by atoms with E-state index in [-0.39, 0.29) is 12.5 Å². The highest BCUT2D eigenvalue weighted by Gasteiger charge is 2.46. The quantitative estimate of drug-likeness (QED) is 0.802. The van der Waals surface area contributed by atoms with Gasteiger partial charge in [-0.1, -0.05) is 0 Å². The third-order valence-corrected chi connectivity index (χ3v) is 4.94. The molecular weight excluding hydrogens is 241 g/mol. The molecule has 19 heavy (non-hydrogen) atoms. The van der Waals surface area contributed by atoms with Crippen molar-refractivity contribution >= 4 is 7.05 Å². The van der Waals surface area contributed by atoms with Crippen molar-refractivity contribution in [3.05, 3.63) is 11.3 Å². The minimum atomic E-state index is -0.334. The van der Waals surface area contributed by atoms with Crippen molar-refractivity contribution in [1.82, 2.24) is 14.6 Å². The van der Waals surface area contributed by atoms with Crippen LogP contribution in [0.4, 0.5) is 0 Å². The first-order valence-electron chi connectivity index (χ1n) is 7.10. The molecule has 2 heterocycles. The molecular formula is C13H22BN3O2. The second kappa shape index (κ2) is 4.53. The smallest absolute Gasteiger partial charge is 0.376 e. The molecule has 3 rings (SSSR count). The summed E-state index contributed by atoms with van der Waals surface area (Å²) in [6.45, 7) is 3.78. The molecule has 1 N–H and O–H groups in total. The Morgan fingerprint density at radius 2 is 2.00 bits per heavy atom. The van der Waals surface area contributed by atoms with Crippen LogP contribution < -0.4 is 4.74 Å². The zero-order valence-electron chi connectivity index (χ0n) is 12.0. The van der Waals surface area contributed by atoms with Gasteiger partial charge in [0, 0.05) is 18.0 Å². The van der Waals surface area contributed by atoms with Crippen molar-refractivity contribution in [1.29, 1.82) is 0 Å². The molecule has 0 saturated carbocycles. The van der Waals surface area contributed by atoms with Gasteiger partial charge in [0.25, 0.3) is 0 Å². The lowest BCUT2D eigenvalue weighted by atomic mass is 9.72. The minimum Gasteiger partial charge on any atom is -0.480 e. The van der Waals surface area contributed by atoms with Crippen molar-refractivity contribution in [2.24, 2.45) is 7.05 Å². The summed E-state index contributed by atoms with van der Waals surface area (Å²) >= 11 is 0. The number of fused-ring (bicyclic) bond motifs is 2. The topological polar surface area (TPSA) is 50.5 Å². The molecule has 1 saturated heterocycles. The van der Waals surface area contributed by atoms with Crippen molar-refractivity contribution in [2.75, 3.05) is 20.2 Å². The summed E-state index contributed by atoms with van der Waals surface area (Å²) < 4.78 is 7.40. The van der Waals surface area contributed by atoms with Gasteiger partial charge in [0.15, 0.2) is 0 Å². The number of rotatable bonds is 2. The number of hydrogen-bond donors (Lipinski definition) is 1. The largest absolute Gasteiger partial charge is 0.480 e. The molecule has 6 heteroatoms. The highest BCUT2D eigenvalue weighted by Crippen LogP contribution is 2.48. The molecule has 0 aromatic carbocycles. The van der Waals surface area contributed by atoms with Gasteiger partial charge >= 0.3 is 7.05 Å². The summed E-state index contributed by atoms with van der Waals surface area (Å²) in [6.07, 6.45) is 4.47. The Morgan fingerprint density at radius 1 is 1.32 bits per heavy atom. The first-order valence-corrected chi connectivity index (χ1v) is 7.10. The number of hydrogen-bond acceptors (Lipinski definition) is 4. The molecule has 5 nitrogen and oxygen atoms in total. The zero-order chi connectivity index (χ0) is 13.6. The normalized spacial score (nSPS) is 21.7. The zero-order valence-corrected chi connectivity index (χ0v) is 12.0. The Balaban J connectivity index is 1.88. The van der Waals surface area contributed by atoms with Crippen molar-refractivity contribution in [2.45, 2.75) is 37.9 Å². The molecule has 0 amide bonds. The number of aryl methyl sites for hydroxylation is 1. The summed E-state index contributed by atoms with van der Waals surface area (Å²) in [5.41, 5.74) is 2.92. The molecule has 0 radical (unpaired) electrons. The monoisotopic (exact) mass is 263 g/mol. The van der Waals surface area contributed by atoms with Gasteiger partial charge in [-0.15, -0.1) is 5.10 Å². The van der Waals surface area contributed by atoms with Crippen LogP contribution in [0.15, 0.2) is 0 Å². The second-order valence-electron chi connectivity index (χ2n) is 5.91. The molecule has 0 unspecified atom stereocenters. The number of aromatic nitrogens is 2. The minimum absolute atomic E-state index is 0.249. The fourth-order valence-electron chi connectivity index (χ4n) is 3.89. The maximum absolute atomic E-state index is 9.69. The maximum Gasteiger partial charge on any atom is 0.376 e. The number of methoxy groups -OCH3 is 1. The van der Waals surface area contributed by atoms with Crippen LogP contribution in [0.2, 0.25) is 6.82 Å². The molecule has 0 bridgehead atoms. The number of ether oxygens (including phenoxy) is 1. The second-order valence-corrected chi connectivity index (χ2v) is 5.91. The van der Waals surface area contributed by atoms with Gasteiger partial charge in [0.1, 0.15) is 0 Å². The number of piperidine rings is 1. The fraction of sp³-hybridized carbons (Fsp3) is 0.769. The van der Waals surface area contributed by atoms with Gasteiger partial charge in [0.05, 0.1) is 12.8 Å². The Hall–Kier alpha value is -1.01. The van der Waals surface area contributed by atoms with Crippen LogP contribution in [-0.2, 0) is 18.9 Å². The molecule has 2 aliphatic rings. The maximum atomic E-state index is 9.69. The number of nitrogens with zero attached hydrogens (tertiary/aromatic N) is 3. The summed E-state index contributed by atoms with van der Waals surface area (Å²) in [6, 6.07) is 0. The molecule has 0 atom stereocenters. The van der Waals surface area contributed by atoms with Crippen molar-refractivity contribution in [3.63, 3.8) is 0 Å². The van der Waals surface area contributed by atoms with Crippen LogP contribution in [0.1, 0.15) is 30.5 Å². The van der Waals surface area contributed by atoms with E-state index in [2.05, 4.69) is 9.91 Å². The Morgan fingerprint density at radius 3 is 2.58 bits per heavy atom. The molecule has 1 aliphatic heterocycles. The van der Waals surface area contributed by atoms with E-state index in [1.807, 2.05) is 18.6 Å². The molecule has 1 aromatic heterocycles. The Kier molecular flexibility index (Phi) is 3.10. The lowest BCUT2D eigenvalue weighted by Gasteiger charge is -2.40. The molecule has 1 aliphatic carbocycles. The Labute approximate surface area is 114 Å². The molecule has 1 spiro atoms. The van der Waals surface area contributed by atoms with Crippen LogP contribution in [0.5, 0.6) is 5.88 Å². The fourth-order valence-corrected chi connectivity index (χ4v) is 3.89. The molecule has 1 aromatic rings. The molecule has 104 valence electrons. The lowest BCUT2D eigenvalue weighted by Crippen LogP contribution is -2.48. The van der Waals surface area contributed by atoms with Crippen LogP contribution in [0.3, 0.4) is 0 Å². The summed E-state index contributed by atoms with van der Waals surface area (Å²) in [5, 5.41) is 14.2. The van der Waals surface area contributed by atoms with Crippen LogP contribution in [0, 0.1) is 0 Å². The van der Waals surface area contributed by atoms with Gasteiger partial charge in [-0.2, -0.15) is 0 Å². The van der Waals surface area contributed by atoms with Crippen LogP contribution in [-0.4, -0.2) is 46.9 Å². The standard InChI is InChI=1S/C13H22BN3O2/c1-14(18)17-8-6-13(7-9-17)5-4-10-11(13)16(2)15-12(10)19-3/h18H,4-9H2,1-3H3.